The molecular weight excluding hydrogens is 370 g/mol. The summed E-state index contributed by atoms with van der Waals surface area (Å²) in [5, 5.41) is 2.85. The summed E-state index contributed by atoms with van der Waals surface area (Å²) >= 11 is 3.44. The normalized spacial score (nSPS) is 13.5. The smallest absolute Gasteiger partial charge is 0.257 e. The number of anilines is 1. The van der Waals surface area contributed by atoms with Crippen LogP contribution in [0.5, 0.6) is 0 Å². The number of nitrogens with zero attached hydrogens (tertiary/aromatic N) is 2. The van der Waals surface area contributed by atoms with Crippen LogP contribution in [0.1, 0.15) is 35.5 Å². The maximum Gasteiger partial charge on any atom is 0.257 e. The molecule has 0 saturated carbocycles. The number of carbonyl (C=O) groups excluding carboxylic acids is 1. The van der Waals surface area contributed by atoms with Crippen molar-refractivity contribution < 1.29 is 4.79 Å². The zero-order chi connectivity index (χ0) is 17.3. The van der Waals surface area contributed by atoms with Crippen molar-refractivity contribution in [2.24, 2.45) is 0 Å². The first-order chi connectivity index (χ1) is 11.5. The summed E-state index contributed by atoms with van der Waals surface area (Å²) in [6.45, 7) is 3.74. The highest BCUT2D eigenvalue weighted by Crippen LogP contribution is 2.23. The van der Waals surface area contributed by atoms with Gasteiger partial charge >= 0.3 is 0 Å². The molecule has 1 aromatic carbocycles. The third-order valence-corrected chi connectivity index (χ3v) is 4.99. The summed E-state index contributed by atoms with van der Waals surface area (Å²) in [5.41, 5.74) is 3.40. The summed E-state index contributed by atoms with van der Waals surface area (Å²) in [7, 11) is 0. The number of nitrogens with one attached hydrogen (secondary N) is 1. The quantitative estimate of drug-likeness (QED) is 0.876. The average molecular weight is 390 g/mol. The molecule has 0 spiro atoms. The third kappa shape index (κ3) is 3.43. The van der Waals surface area contributed by atoms with E-state index >= 15 is 0 Å². The van der Waals surface area contributed by atoms with E-state index in [0.29, 0.717) is 11.5 Å². The minimum atomic E-state index is -0.234. The SMILES string of the molecule is Cc1ccc(NC(=O)Cn2c(C)nc3c(c2=O)CCCC3)c(Br)c1. The Morgan fingerprint density at radius 2 is 2.04 bits per heavy atom. The van der Waals surface area contributed by atoms with Gasteiger partial charge in [0.15, 0.2) is 0 Å². The van der Waals surface area contributed by atoms with Crippen molar-refractivity contribution >= 4 is 27.5 Å². The molecular formula is C18H20BrN3O2. The van der Waals surface area contributed by atoms with E-state index in [1.54, 1.807) is 6.92 Å². The van der Waals surface area contributed by atoms with Crippen LogP contribution in [-0.2, 0) is 24.2 Å². The van der Waals surface area contributed by atoms with Gasteiger partial charge in [-0.25, -0.2) is 4.98 Å². The number of halogens is 1. The van der Waals surface area contributed by atoms with Crippen molar-refractivity contribution in [2.45, 2.75) is 46.1 Å². The largest absolute Gasteiger partial charge is 0.324 e. The van der Waals surface area contributed by atoms with Crippen LogP contribution < -0.4 is 10.9 Å². The van der Waals surface area contributed by atoms with Crippen molar-refractivity contribution in [2.75, 3.05) is 5.32 Å². The Morgan fingerprint density at radius 1 is 1.29 bits per heavy atom. The van der Waals surface area contributed by atoms with E-state index in [2.05, 4.69) is 26.2 Å². The molecule has 0 fully saturated rings. The highest BCUT2D eigenvalue weighted by molar-refractivity contribution is 9.10. The molecule has 0 atom stereocenters. The van der Waals surface area contributed by atoms with Crippen molar-refractivity contribution in [3.05, 3.63) is 55.7 Å². The van der Waals surface area contributed by atoms with Gasteiger partial charge in [0.1, 0.15) is 12.4 Å². The van der Waals surface area contributed by atoms with E-state index in [9.17, 15) is 9.59 Å². The molecule has 3 rings (SSSR count). The Balaban J connectivity index is 1.83. The Morgan fingerprint density at radius 3 is 2.79 bits per heavy atom. The number of aromatic nitrogens is 2. The molecule has 1 aliphatic rings. The fraction of sp³-hybridized carbons (Fsp3) is 0.389. The summed E-state index contributed by atoms with van der Waals surface area (Å²) in [5.74, 6) is 0.362. The molecule has 0 saturated heterocycles. The van der Waals surface area contributed by atoms with Gasteiger partial charge in [0, 0.05) is 10.0 Å². The lowest BCUT2D eigenvalue weighted by Crippen LogP contribution is -2.34. The van der Waals surface area contributed by atoms with Gasteiger partial charge in [-0.3, -0.25) is 14.2 Å². The lowest BCUT2D eigenvalue weighted by Gasteiger charge is -2.18. The molecule has 5 nitrogen and oxygen atoms in total. The number of fused-ring (bicyclic) bond motifs is 1. The maximum atomic E-state index is 12.7. The molecule has 0 radical (unpaired) electrons. The van der Waals surface area contributed by atoms with Gasteiger partial charge in [0.25, 0.3) is 5.56 Å². The number of benzene rings is 1. The van der Waals surface area contributed by atoms with Crippen LogP contribution in [0.2, 0.25) is 0 Å². The Labute approximate surface area is 149 Å². The predicted octanol–water partition coefficient (Wildman–Crippen LogP) is 3.14. The van der Waals surface area contributed by atoms with Crippen LogP contribution in [0.15, 0.2) is 27.5 Å². The molecule has 0 bridgehead atoms. The minimum absolute atomic E-state index is 0.0226. The standard InChI is InChI=1S/C18H20BrN3O2/c1-11-7-8-16(14(19)9-11)21-17(23)10-22-12(2)20-15-6-4-3-5-13(15)18(22)24/h7-9H,3-6,10H2,1-2H3,(H,21,23). The summed E-state index contributed by atoms with van der Waals surface area (Å²) in [6.07, 6.45) is 3.70. The lowest BCUT2D eigenvalue weighted by atomic mass is 9.97. The van der Waals surface area contributed by atoms with Gasteiger partial charge in [0.2, 0.25) is 5.91 Å². The number of rotatable bonds is 3. The highest BCUT2D eigenvalue weighted by atomic mass is 79.9. The molecule has 6 heteroatoms. The number of hydrogen-bond donors (Lipinski definition) is 1. The van der Waals surface area contributed by atoms with E-state index in [1.165, 1.54) is 4.57 Å². The van der Waals surface area contributed by atoms with Gasteiger partial charge in [-0.05, 0) is 73.2 Å². The van der Waals surface area contributed by atoms with E-state index in [4.69, 9.17) is 0 Å². The Kier molecular flexibility index (Phi) is 4.85. The van der Waals surface area contributed by atoms with Crippen molar-refractivity contribution in [3.63, 3.8) is 0 Å². The monoisotopic (exact) mass is 389 g/mol. The molecule has 1 aliphatic carbocycles. The molecule has 0 aliphatic heterocycles. The molecule has 1 amide bonds. The highest BCUT2D eigenvalue weighted by Gasteiger charge is 2.19. The molecule has 126 valence electrons. The topological polar surface area (TPSA) is 64.0 Å². The molecule has 0 unspecified atom stereocenters. The van der Waals surface area contributed by atoms with Crippen molar-refractivity contribution in [3.8, 4) is 0 Å². The predicted molar refractivity (Wildman–Crippen MR) is 97.4 cm³/mol. The van der Waals surface area contributed by atoms with E-state index in [-0.39, 0.29) is 18.0 Å². The second kappa shape index (κ2) is 6.89. The Bertz CT molecular complexity index is 858. The second-order valence-corrected chi connectivity index (χ2v) is 7.07. The van der Waals surface area contributed by atoms with Crippen LogP contribution in [0.25, 0.3) is 0 Å². The second-order valence-electron chi connectivity index (χ2n) is 6.21. The Hall–Kier alpha value is -1.95. The van der Waals surface area contributed by atoms with Gasteiger partial charge in [0.05, 0.1) is 11.4 Å². The molecule has 24 heavy (non-hydrogen) atoms. The van der Waals surface area contributed by atoms with Gasteiger partial charge in [-0.2, -0.15) is 0 Å². The zero-order valence-corrected chi connectivity index (χ0v) is 15.4. The summed E-state index contributed by atoms with van der Waals surface area (Å²) in [6, 6.07) is 5.71. The number of hydrogen-bond acceptors (Lipinski definition) is 3. The lowest BCUT2D eigenvalue weighted by molar-refractivity contribution is -0.116. The first-order valence-corrected chi connectivity index (χ1v) is 8.90. The van der Waals surface area contributed by atoms with Gasteiger partial charge in [-0.15, -0.1) is 0 Å². The number of carbonyl (C=O) groups is 1. The van der Waals surface area contributed by atoms with E-state index in [1.807, 2.05) is 25.1 Å². The van der Waals surface area contributed by atoms with Crippen LogP contribution >= 0.6 is 15.9 Å². The van der Waals surface area contributed by atoms with Crippen LogP contribution in [0, 0.1) is 13.8 Å². The van der Waals surface area contributed by atoms with E-state index < -0.39 is 0 Å². The van der Waals surface area contributed by atoms with Crippen LogP contribution in [0.4, 0.5) is 5.69 Å². The third-order valence-electron chi connectivity index (χ3n) is 4.33. The van der Waals surface area contributed by atoms with Crippen molar-refractivity contribution in [1.82, 2.24) is 9.55 Å². The van der Waals surface area contributed by atoms with Crippen LogP contribution in [0.3, 0.4) is 0 Å². The fourth-order valence-corrected chi connectivity index (χ4v) is 3.64. The molecule has 2 aromatic rings. The number of aryl methyl sites for hydroxylation is 3. The fourth-order valence-electron chi connectivity index (χ4n) is 3.05. The molecule has 1 heterocycles. The first-order valence-electron chi connectivity index (χ1n) is 8.11. The van der Waals surface area contributed by atoms with Gasteiger partial charge in [-0.1, -0.05) is 6.07 Å². The van der Waals surface area contributed by atoms with Gasteiger partial charge < -0.3 is 5.32 Å². The minimum Gasteiger partial charge on any atom is -0.324 e. The zero-order valence-electron chi connectivity index (χ0n) is 13.9. The molecule has 1 aromatic heterocycles. The average Bonchev–Trinajstić information content (AvgIpc) is 2.54. The number of amides is 1. The van der Waals surface area contributed by atoms with E-state index in [0.717, 1.165) is 47.0 Å². The van der Waals surface area contributed by atoms with Crippen molar-refractivity contribution in [1.29, 1.82) is 0 Å². The first kappa shape index (κ1) is 16.9. The van der Waals surface area contributed by atoms with Crippen LogP contribution in [-0.4, -0.2) is 15.5 Å². The maximum absolute atomic E-state index is 12.7. The summed E-state index contributed by atoms with van der Waals surface area (Å²) in [4.78, 5) is 29.6. The summed E-state index contributed by atoms with van der Waals surface area (Å²) < 4.78 is 2.30. The molecule has 1 N–H and O–H groups in total.